The van der Waals surface area contributed by atoms with Crippen molar-refractivity contribution in [2.45, 2.75) is 39.8 Å². The van der Waals surface area contributed by atoms with Gasteiger partial charge in [-0.1, -0.05) is 20.8 Å². The summed E-state index contributed by atoms with van der Waals surface area (Å²) in [7, 11) is 4.16. The molecule has 0 aliphatic carbocycles. The zero-order valence-corrected chi connectivity index (χ0v) is 12.5. The first-order chi connectivity index (χ1) is 8.54. The quantitative estimate of drug-likeness (QED) is 0.717. The van der Waals surface area contributed by atoms with E-state index in [2.05, 4.69) is 49.3 Å². The molecule has 1 rings (SSSR count). The van der Waals surface area contributed by atoms with Crippen LogP contribution in [0.3, 0.4) is 0 Å². The van der Waals surface area contributed by atoms with E-state index in [1.54, 1.807) is 0 Å². The summed E-state index contributed by atoms with van der Waals surface area (Å²) in [4.78, 5) is 2.42. The van der Waals surface area contributed by atoms with E-state index in [0.717, 1.165) is 19.6 Å². The van der Waals surface area contributed by atoms with E-state index < -0.39 is 0 Å². The van der Waals surface area contributed by atoms with Crippen LogP contribution in [-0.4, -0.2) is 40.9 Å². The Labute approximate surface area is 111 Å². The number of aryl methyl sites for hydroxylation is 1. The number of hydrogen-bond acceptors (Lipinski definition) is 3. The molecular formula is C14H28N4. The van der Waals surface area contributed by atoms with Gasteiger partial charge in [-0.05, 0) is 25.9 Å². The Morgan fingerprint density at radius 1 is 1.44 bits per heavy atom. The van der Waals surface area contributed by atoms with Gasteiger partial charge in [-0.15, -0.1) is 0 Å². The lowest BCUT2D eigenvalue weighted by atomic mass is 10.0. The van der Waals surface area contributed by atoms with Crippen molar-refractivity contribution in [1.82, 2.24) is 20.0 Å². The zero-order chi connectivity index (χ0) is 13.5. The molecule has 0 saturated carbocycles. The Morgan fingerprint density at radius 3 is 2.67 bits per heavy atom. The van der Waals surface area contributed by atoms with Crippen LogP contribution in [0.1, 0.15) is 32.8 Å². The number of nitrogens with zero attached hydrogens (tertiary/aromatic N) is 3. The van der Waals surface area contributed by atoms with Crippen molar-refractivity contribution < 1.29 is 0 Å². The van der Waals surface area contributed by atoms with E-state index in [1.165, 1.54) is 12.0 Å². The highest BCUT2D eigenvalue weighted by Gasteiger charge is 2.18. The van der Waals surface area contributed by atoms with Crippen LogP contribution in [0.2, 0.25) is 0 Å². The van der Waals surface area contributed by atoms with Gasteiger partial charge in [-0.2, -0.15) is 5.10 Å². The first-order valence-corrected chi connectivity index (χ1v) is 6.93. The maximum atomic E-state index is 4.22. The predicted octanol–water partition coefficient (Wildman–Crippen LogP) is 1.88. The van der Waals surface area contributed by atoms with Gasteiger partial charge in [0.1, 0.15) is 0 Å². The number of hydrogen-bond donors (Lipinski definition) is 1. The van der Waals surface area contributed by atoms with E-state index in [4.69, 9.17) is 0 Å². The normalized spacial score (nSPS) is 13.5. The summed E-state index contributed by atoms with van der Waals surface area (Å²) in [6.07, 6.45) is 5.23. The molecule has 104 valence electrons. The number of aromatic nitrogens is 2. The molecule has 1 N–H and O–H groups in total. The van der Waals surface area contributed by atoms with Gasteiger partial charge in [0, 0.05) is 37.9 Å². The Bertz CT molecular complexity index is 332. The molecule has 18 heavy (non-hydrogen) atoms. The Kier molecular flexibility index (Phi) is 6.36. The van der Waals surface area contributed by atoms with Crippen LogP contribution in [0.5, 0.6) is 0 Å². The van der Waals surface area contributed by atoms with Crippen molar-refractivity contribution in [3.63, 3.8) is 0 Å². The lowest BCUT2D eigenvalue weighted by Gasteiger charge is -2.31. The van der Waals surface area contributed by atoms with Gasteiger partial charge in [0.05, 0.1) is 6.20 Å². The summed E-state index contributed by atoms with van der Waals surface area (Å²) >= 11 is 0. The predicted molar refractivity (Wildman–Crippen MR) is 76.5 cm³/mol. The number of rotatable bonds is 8. The molecular weight excluding hydrogens is 224 g/mol. The van der Waals surface area contributed by atoms with Gasteiger partial charge in [0.25, 0.3) is 0 Å². The van der Waals surface area contributed by atoms with Crippen LogP contribution in [0, 0.1) is 5.92 Å². The molecule has 0 saturated heterocycles. The van der Waals surface area contributed by atoms with E-state index in [9.17, 15) is 0 Å². The third-order valence-electron chi connectivity index (χ3n) is 3.31. The molecule has 0 aliphatic rings. The molecule has 0 aromatic carbocycles. The van der Waals surface area contributed by atoms with Crippen LogP contribution >= 0.6 is 0 Å². The van der Waals surface area contributed by atoms with Crippen LogP contribution in [0.4, 0.5) is 0 Å². The van der Waals surface area contributed by atoms with Crippen LogP contribution in [-0.2, 0) is 13.6 Å². The van der Waals surface area contributed by atoms with Crippen LogP contribution in [0.25, 0.3) is 0 Å². The molecule has 4 heteroatoms. The van der Waals surface area contributed by atoms with Crippen molar-refractivity contribution in [2.75, 3.05) is 20.1 Å². The average molecular weight is 252 g/mol. The summed E-state index contributed by atoms with van der Waals surface area (Å²) in [6.45, 7) is 9.91. The molecule has 1 aromatic rings. The lowest BCUT2D eigenvalue weighted by Crippen LogP contribution is -2.43. The van der Waals surface area contributed by atoms with E-state index >= 15 is 0 Å². The molecule has 0 amide bonds. The minimum absolute atomic E-state index is 0.566. The average Bonchev–Trinajstić information content (AvgIpc) is 2.69. The highest BCUT2D eigenvalue weighted by Crippen LogP contribution is 2.12. The summed E-state index contributed by atoms with van der Waals surface area (Å²) in [5, 5.41) is 7.75. The molecule has 1 aromatic heterocycles. The van der Waals surface area contributed by atoms with Crippen LogP contribution < -0.4 is 5.32 Å². The Balaban J connectivity index is 2.50. The minimum Gasteiger partial charge on any atom is -0.315 e. The largest absolute Gasteiger partial charge is 0.315 e. The van der Waals surface area contributed by atoms with Crippen molar-refractivity contribution in [2.24, 2.45) is 13.0 Å². The second kappa shape index (κ2) is 7.54. The fourth-order valence-electron chi connectivity index (χ4n) is 2.29. The number of nitrogens with one attached hydrogen (secondary N) is 1. The summed E-state index contributed by atoms with van der Waals surface area (Å²) in [5.41, 5.74) is 1.28. The summed E-state index contributed by atoms with van der Waals surface area (Å²) < 4.78 is 1.86. The Morgan fingerprint density at radius 2 is 2.17 bits per heavy atom. The lowest BCUT2D eigenvalue weighted by molar-refractivity contribution is 0.180. The molecule has 0 bridgehead atoms. The molecule has 0 radical (unpaired) electrons. The standard InChI is InChI=1S/C14H28N4/c1-6-7-15-9-14(12(2)3)17(4)10-13-8-16-18(5)11-13/h8,11-12,14-15H,6-7,9-10H2,1-5H3. The smallest absolute Gasteiger partial charge is 0.0534 e. The maximum absolute atomic E-state index is 4.22. The van der Waals surface area contributed by atoms with E-state index in [-0.39, 0.29) is 0 Å². The molecule has 1 unspecified atom stereocenters. The molecule has 0 spiro atoms. The van der Waals surface area contributed by atoms with Crippen molar-refractivity contribution in [3.8, 4) is 0 Å². The van der Waals surface area contributed by atoms with Gasteiger partial charge < -0.3 is 5.32 Å². The van der Waals surface area contributed by atoms with Crippen LogP contribution in [0.15, 0.2) is 12.4 Å². The van der Waals surface area contributed by atoms with Crippen molar-refractivity contribution in [3.05, 3.63) is 18.0 Å². The highest BCUT2D eigenvalue weighted by molar-refractivity contribution is 5.03. The van der Waals surface area contributed by atoms with Gasteiger partial charge in [-0.25, -0.2) is 0 Å². The van der Waals surface area contributed by atoms with Gasteiger partial charge in [-0.3, -0.25) is 9.58 Å². The third-order valence-corrected chi connectivity index (χ3v) is 3.31. The molecule has 0 aliphatic heterocycles. The second-order valence-electron chi connectivity index (χ2n) is 5.45. The molecule has 0 fully saturated rings. The van der Waals surface area contributed by atoms with Crippen molar-refractivity contribution in [1.29, 1.82) is 0 Å². The molecule has 1 heterocycles. The van der Waals surface area contributed by atoms with E-state index in [1.807, 2.05) is 17.9 Å². The molecule has 4 nitrogen and oxygen atoms in total. The minimum atomic E-state index is 0.566. The topological polar surface area (TPSA) is 33.1 Å². The maximum Gasteiger partial charge on any atom is 0.0534 e. The SMILES string of the molecule is CCCNCC(C(C)C)N(C)Cc1cnn(C)c1. The fourth-order valence-corrected chi connectivity index (χ4v) is 2.29. The molecule has 1 atom stereocenters. The van der Waals surface area contributed by atoms with Gasteiger partial charge in [0.2, 0.25) is 0 Å². The van der Waals surface area contributed by atoms with Crippen molar-refractivity contribution >= 4 is 0 Å². The van der Waals surface area contributed by atoms with Gasteiger partial charge >= 0.3 is 0 Å². The monoisotopic (exact) mass is 252 g/mol. The van der Waals surface area contributed by atoms with E-state index in [0.29, 0.717) is 12.0 Å². The highest BCUT2D eigenvalue weighted by atomic mass is 15.2. The third kappa shape index (κ3) is 4.78. The summed E-state index contributed by atoms with van der Waals surface area (Å²) in [5.74, 6) is 0.649. The number of likely N-dealkylation sites (N-methyl/N-ethyl adjacent to an activating group) is 1. The fraction of sp³-hybridized carbons (Fsp3) is 0.786. The summed E-state index contributed by atoms with van der Waals surface area (Å²) in [6, 6.07) is 0.566. The second-order valence-corrected chi connectivity index (χ2v) is 5.45. The zero-order valence-electron chi connectivity index (χ0n) is 12.5. The Hall–Kier alpha value is -0.870. The van der Waals surface area contributed by atoms with Gasteiger partial charge in [0.15, 0.2) is 0 Å². The first-order valence-electron chi connectivity index (χ1n) is 6.93. The first kappa shape index (κ1) is 15.2.